The van der Waals surface area contributed by atoms with Crippen LogP contribution in [0.4, 0.5) is 0 Å². The summed E-state index contributed by atoms with van der Waals surface area (Å²) >= 11 is 0. The van der Waals surface area contributed by atoms with Gasteiger partial charge < -0.3 is 9.88 Å². The van der Waals surface area contributed by atoms with Gasteiger partial charge in [-0.1, -0.05) is 18.2 Å². The van der Waals surface area contributed by atoms with Crippen LogP contribution < -0.4 is 5.32 Å². The molecule has 0 bridgehead atoms. The van der Waals surface area contributed by atoms with Crippen LogP contribution in [0.3, 0.4) is 0 Å². The van der Waals surface area contributed by atoms with Crippen LogP contribution in [0.25, 0.3) is 10.9 Å². The molecule has 1 aliphatic rings. The van der Waals surface area contributed by atoms with Gasteiger partial charge in [-0.25, -0.2) is 0 Å². The van der Waals surface area contributed by atoms with Crippen LogP contribution in [0, 0.1) is 12.8 Å². The number of rotatable bonds is 3. The monoisotopic (exact) mass is 256 g/mol. The van der Waals surface area contributed by atoms with Crippen molar-refractivity contribution < 1.29 is 4.79 Å². The standard InChI is InChI=1S/C16H20N2O/c1-12-15(11-19)14-4-2-3-5-16(14)18(12)10-13-6-8-17-9-7-13/h2-5,11,13,17H,6-10H2,1H3. The first-order valence-electron chi connectivity index (χ1n) is 7.05. The third-order valence-corrected chi connectivity index (χ3v) is 4.30. The first-order chi connectivity index (χ1) is 9.31. The number of nitrogens with zero attached hydrogens (tertiary/aromatic N) is 1. The molecule has 0 amide bonds. The van der Waals surface area contributed by atoms with Gasteiger partial charge in [0.15, 0.2) is 6.29 Å². The lowest BCUT2D eigenvalue weighted by Gasteiger charge is -2.24. The largest absolute Gasteiger partial charge is 0.344 e. The maximum absolute atomic E-state index is 11.3. The van der Waals surface area contributed by atoms with Crippen LogP contribution in [0.2, 0.25) is 0 Å². The van der Waals surface area contributed by atoms with E-state index in [-0.39, 0.29) is 0 Å². The quantitative estimate of drug-likeness (QED) is 0.857. The summed E-state index contributed by atoms with van der Waals surface area (Å²) in [7, 11) is 0. The fraction of sp³-hybridized carbons (Fsp3) is 0.438. The number of aromatic nitrogens is 1. The Hall–Kier alpha value is -1.61. The van der Waals surface area contributed by atoms with E-state index in [1.54, 1.807) is 0 Å². The van der Waals surface area contributed by atoms with Gasteiger partial charge in [-0.3, -0.25) is 4.79 Å². The Morgan fingerprint density at radius 3 is 2.79 bits per heavy atom. The number of aldehydes is 1. The highest BCUT2D eigenvalue weighted by atomic mass is 16.1. The normalized spacial score (nSPS) is 16.9. The molecule has 0 saturated carbocycles. The Bertz CT molecular complexity index is 594. The zero-order valence-electron chi connectivity index (χ0n) is 11.4. The highest BCUT2D eigenvalue weighted by molar-refractivity contribution is 5.99. The Balaban J connectivity index is 2.02. The number of carbonyl (C=O) groups is 1. The minimum absolute atomic E-state index is 0.718. The number of piperidine rings is 1. The van der Waals surface area contributed by atoms with E-state index in [9.17, 15) is 4.79 Å². The zero-order valence-corrected chi connectivity index (χ0v) is 11.4. The van der Waals surface area contributed by atoms with E-state index in [1.165, 1.54) is 18.4 Å². The minimum Gasteiger partial charge on any atom is -0.344 e. The topological polar surface area (TPSA) is 34.0 Å². The van der Waals surface area contributed by atoms with Gasteiger partial charge in [0.2, 0.25) is 0 Å². The smallest absolute Gasteiger partial charge is 0.152 e. The second-order valence-corrected chi connectivity index (χ2v) is 5.44. The van der Waals surface area contributed by atoms with Crippen LogP contribution in [-0.4, -0.2) is 23.9 Å². The highest BCUT2D eigenvalue weighted by Crippen LogP contribution is 2.27. The second-order valence-electron chi connectivity index (χ2n) is 5.44. The second kappa shape index (κ2) is 5.17. The van der Waals surface area contributed by atoms with Crippen molar-refractivity contribution in [2.45, 2.75) is 26.3 Å². The molecule has 0 atom stereocenters. The number of fused-ring (bicyclic) bond motifs is 1. The summed E-state index contributed by atoms with van der Waals surface area (Å²) < 4.78 is 2.33. The molecular formula is C16H20N2O. The summed E-state index contributed by atoms with van der Waals surface area (Å²) in [6.45, 7) is 5.32. The number of benzene rings is 1. The lowest BCUT2D eigenvalue weighted by atomic mass is 9.98. The fourth-order valence-electron chi connectivity index (χ4n) is 3.16. The van der Waals surface area contributed by atoms with E-state index in [4.69, 9.17) is 0 Å². The van der Waals surface area contributed by atoms with E-state index in [0.717, 1.165) is 48.5 Å². The summed E-state index contributed by atoms with van der Waals surface area (Å²) in [4.78, 5) is 11.3. The van der Waals surface area contributed by atoms with Crippen molar-refractivity contribution in [1.29, 1.82) is 0 Å². The molecule has 0 radical (unpaired) electrons. The maximum Gasteiger partial charge on any atom is 0.152 e. The molecule has 3 rings (SSSR count). The molecule has 2 heterocycles. The van der Waals surface area contributed by atoms with Gasteiger partial charge in [-0.15, -0.1) is 0 Å². The summed E-state index contributed by atoms with van der Waals surface area (Å²) in [6, 6.07) is 8.22. The number of para-hydroxylation sites is 1. The maximum atomic E-state index is 11.3. The molecule has 100 valence electrons. The van der Waals surface area contributed by atoms with Crippen LogP contribution in [0.1, 0.15) is 28.9 Å². The summed E-state index contributed by atoms with van der Waals surface area (Å²) in [6.07, 6.45) is 3.45. The van der Waals surface area contributed by atoms with Gasteiger partial charge in [-0.2, -0.15) is 0 Å². The third-order valence-electron chi connectivity index (χ3n) is 4.30. The number of carbonyl (C=O) groups excluding carboxylic acids is 1. The first-order valence-corrected chi connectivity index (χ1v) is 7.05. The van der Waals surface area contributed by atoms with Crippen LogP contribution in [-0.2, 0) is 6.54 Å². The van der Waals surface area contributed by atoms with Crippen LogP contribution >= 0.6 is 0 Å². The molecular weight excluding hydrogens is 236 g/mol. The van der Waals surface area contributed by atoms with Crippen molar-refractivity contribution in [3.63, 3.8) is 0 Å². The Labute approximate surface area is 113 Å². The van der Waals surface area contributed by atoms with Crippen molar-refractivity contribution in [2.24, 2.45) is 5.92 Å². The summed E-state index contributed by atoms with van der Waals surface area (Å²) in [5, 5.41) is 4.49. The van der Waals surface area contributed by atoms with Gasteiger partial charge in [-0.05, 0) is 44.8 Å². The Morgan fingerprint density at radius 2 is 2.05 bits per heavy atom. The van der Waals surface area contributed by atoms with Gasteiger partial charge in [0.05, 0.1) is 0 Å². The van der Waals surface area contributed by atoms with Crippen molar-refractivity contribution in [3.8, 4) is 0 Å². The SMILES string of the molecule is Cc1c(C=O)c2ccccc2n1CC1CCNCC1. The molecule has 1 fully saturated rings. The molecule has 19 heavy (non-hydrogen) atoms. The average Bonchev–Trinajstić information content (AvgIpc) is 2.73. The molecule has 3 heteroatoms. The Morgan fingerprint density at radius 1 is 1.32 bits per heavy atom. The van der Waals surface area contributed by atoms with E-state index in [2.05, 4.69) is 28.9 Å². The summed E-state index contributed by atoms with van der Waals surface area (Å²) in [5.41, 5.74) is 3.15. The third kappa shape index (κ3) is 2.19. The molecule has 0 spiro atoms. The molecule has 1 saturated heterocycles. The molecule has 0 unspecified atom stereocenters. The molecule has 0 aliphatic carbocycles. The molecule has 1 aliphatic heterocycles. The minimum atomic E-state index is 0.718. The van der Waals surface area contributed by atoms with Crippen LogP contribution in [0.15, 0.2) is 24.3 Å². The van der Waals surface area contributed by atoms with Crippen molar-refractivity contribution in [2.75, 3.05) is 13.1 Å². The fourth-order valence-corrected chi connectivity index (χ4v) is 3.16. The number of nitrogens with one attached hydrogen (secondary N) is 1. The number of hydrogen-bond acceptors (Lipinski definition) is 2. The molecule has 1 aromatic heterocycles. The molecule has 1 N–H and O–H groups in total. The van der Waals surface area contributed by atoms with Crippen molar-refractivity contribution in [3.05, 3.63) is 35.5 Å². The van der Waals surface area contributed by atoms with E-state index < -0.39 is 0 Å². The highest BCUT2D eigenvalue weighted by Gasteiger charge is 2.18. The predicted molar refractivity (Wildman–Crippen MR) is 77.7 cm³/mol. The number of hydrogen-bond donors (Lipinski definition) is 1. The summed E-state index contributed by atoms with van der Waals surface area (Å²) in [5.74, 6) is 0.718. The molecule has 3 nitrogen and oxygen atoms in total. The zero-order chi connectivity index (χ0) is 13.2. The molecule has 1 aromatic carbocycles. The van der Waals surface area contributed by atoms with E-state index in [0.29, 0.717) is 0 Å². The Kier molecular flexibility index (Phi) is 3.38. The van der Waals surface area contributed by atoms with Crippen LogP contribution in [0.5, 0.6) is 0 Å². The van der Waals surface area contributed by atoms with E-state index >= 15 is 0 Å². The van der Waals surface area contributed by atoms with Crippen molar-refractivity contribution >= 4 is 17.2 Å². The first kappa shape index (κ1) is 12.4. The van der Waals surface area contributed by atoms with Crippen molar-refractivity contribution in [1.82, 2.24) is 9.88 Å². The van der Waals surface area contributed by atoms with Gasteiger partial charge in [0.1, 0.15) is 0 Å². The lowest BCUT2D eigenvalue weighted by Crippen LogP contribution is -2.30. The van der Waals surface area contributed by atoms with Gasteiger partial charge in [0, 0.05) is 28.7 Å². The lowest BCUT2D eigenvalue weighted by molar-refractivity contribution is 0.112. The van der Waals surface area contributed by atoms with Gasteiger partial charge in [0.25, 0.3) is 0 Å². The van der Waals surface area contributed by atoms with E-state index in [1.807, 2.05) is 12.1 Å². The average molecular weight is 256 g/mol. The predicted octanol–water partition coefficient (Wildman–Crippen LogP) is 2.76. The molecule has 2 aromatic rings. The van der Waals surface area contributed by atoms with Gasteiger partial charge >= 0.3 is 0 Å².